The molecular formula is C6H16N2O3. The van der Waals surface area contributed by atoms with E-state index in [1.807, 2.05) is 0 Å². The van der Waals surface area contributed by atoms with Gasteiger partial charge >= 0.3 is 0 Å². The number of ether oxygens (including phenoxy) is 1. The molecule has 11 heavy (non-hydrogen) atoms. The lowest BCUT2D eigenvalue weighted by Gasteiger charge is -2.28. The van der Waals surface area contributed by atoms with Crippen LogP contribution in [0.5, 0.6) is 0 Å². The molecule has 0 aliphatic rings. The zero-order valence-corrected chi connectivity index (χ0v) is 6.82. The molecule has 2 atom stereocenters. The van der Waals surface area contributed by atoms with Crippen molar-refractivity contribution in [2.24, 2.45) is 11.5 Å². The van der Waals surface area contributed by atoms with Gasteiger partial charge in [0.05, 0.1) is 12.7 Å². The van der Waals surface area contributed by atoms with Crippen molar-refractivity contribution in [3.05, 3.63) is 0 Å². The molecule has 68 valence electrons. The molecule has 0 amide bonds. The van der Waals surface area contributed by atoms with E-state index in [0.29, 0.717) is 0 Å². The summed E-state index contributed by atoms with van der Waals surface area (Å²) in [6, 6.07) is 0. The summed E-state index contributed by atoms with van der Waals surface area (Å²) >= 11 is 0. The quantitative estimate of drug-likeness (QED) is 0.372. The molecule has 0 spiro atoms. The fourth-order valence-electron chi connectivity index (χ4n) is 0.386. The van der Waals surface area contributed by atoms with Gasteiger partial charge in [-0.25, -0.2) is 0 Å². The molecule has 5 heteroatoms. The summed E-state index contributed by atoms with van der Waals surface area (Å²) in [5, 5.41) is 17.7. The third-order valence-electron chi connectivity index (χ3n) is 1.23. The Morgan fingerprint density at radius 2 is 1.82 bits per heavy atom. The Labute approximate surface area is 65.9 Å². The molecule has 2 unspecified atom stereocenters. The highest BCUT2D eigenvalue weighted by atomic mass is 16.5. The van der Waals surface area contributed by atoms with E-state index in [2.05, 4.69) is 0 Å². The monoisotopic (exact) mass is 164 g/mol. The molecule has 0 heterocycles. The predicted molar refractivity (Wildman–Crippen MR) is 40.4 cm³/mol. The SMILES string of the molecule is CC(O)COC(N)(N)C(C)O. The first-order valence-electron chi connectivity index (χ1n) is 3.44. The van der Waals surface area contributed by atoms with Crippen LogP contribution in [0, 0.1) is 0 Å². The van der Waals surface area contributed by atoms with Crippen LogP contribution in [0.25, 0.3) is 0 Å². The topological polar surface area (TPSA) is 102 Å². The summed E-state index contributed by atoms with van der Waals surface area (Å²) in [6.07, 6.45) is -1.61. The zero-order chi connectivity index (χ0) is 9.07. The van der Waals surface area contributed by atoms with E-state index >= 15 is 0 Å². The van der Waals surface area contributed by atoms with Gasteiger partial charge in [-0.3, -0.25) is 11.5 Å². The minimum atomic E-state index is -1.57. The van der Waals surface area contributed by atoms with E-state index in [4.69, 9.17) is 26.4 Å². The van der Waals surface area contributed by atoms with Gasteiger partial charge in [-0.15, -0.1) is 0 Å². The lowest BCUT2D eigenvalue weighted by molar-refractivity contribution is -0.128. The lowest BCUT2D eigenvalue weighted by Crippen LogP contribution is -2.60. The number of hydrogen-bond donors (Lipinski definition) is 4. The van der Waals surface area contributed by atoms with Crippen LogP contribution in [-0.4, -0.2) is 34.9 Å². The van der Waals surface area contributed by atoms with Crippen LogP contribution in [0.15, 0.2) is 0 Å². The molecule has 0 radical (unpaired) electrons. The Morgan fingerprint density at radius 1 is 1.36 bits per heavy atom. The fraction of sp³-hybridized carbons (Fsp3) is 1.00. The van der Waals surface area contributed by atoms with Gasteiger partial charge in [0.1, 0.15) is 6.10 Å². The summed E-state index contributed by atoms with van der Waals surface area (Å²) in [5.74, 6) is -1.57. The van der Waals surface area contributed by atoms with Crippen LogP contribution >= 0.6 is 0 Å². The summed E-state index contributed by atoms with van der Waals surface area (Å²) < 4.78 is 4.81. The Kier molecular flexibility index (Phi) is 3.91. The van der Waals surface area contributed by atoms with Crippen molar-refractivity contribution < 1.29 is 14.9 Å². The maximum atomic E-state index is 8.94. The van der Waals surface area contributed by atoms with E-state index in [1.165, 1.54) is 13.8 Å². The molecule has 0 fully saturated rings. The third-order valence-corrected chi connectivity index (χ3v) is 1.23. The molecule has 0 aromatic carbocycles. The normalized spacial score (nSPS) is 18.0. The van der Waals surface area contributed by atoms with Crippen molar-refractivity contribution in [3.63, 3.8) is 0 Å². The molecule has 0 aliphatic heterocycles. The molecular weight excluding hydrogens is 148 g/mol. The summed E-state index contributed by atoms with van der Waals surface area (Å²) in [6.45, 7) is 2.97. The molecule has 0 saturated heterocycles. The Hall–Kier alpha value is -0.200. The van der Waals surface area contributed by atoms with E-state index in [-0.39, 0.29) is 6.61 Å². The maximum absolute atomic E-state index is 8.94. The second-order valence-corrected chi connectivity index (χ2v) is 2.69. The van der Waals surface area contributed by atoms with Gasteiger partial charge < -0.3 is 14.9 Å². The van der Waals surface area contributed by atoms with Gasteiger partial charge in [-0.1, -0.05) is 0 Å². The fourth-order valence-corrected chi connectivity index (χ4v) is 0.386. The van der Waals surface area contributed by atoms with E-state index < -0.39 is 18.1 Å². The molecule has 0 saturated carbocycles. The summed E-state index contributed by atoms with van der Waals surface area (Å²) in [5.41, 5.74) is 10.6. The first-order chi connectivity index (χ1) is 4.86. The highest BCUT2D eigenvalue weighted by molar-refractivity contribution is 4.71. The molecule has 0 aromatic rings. The minimum Gasteiger partial charge on any atom is -0.391 e. The largest absolute Gasteiger partial charge is 0.391 e. The number of rotatable bonds is 4. The summed E-state index contributed by atoms with van der Waals surface area (Å²) in [4.78, 5) is 0. The number of aliphatic hydroxyl groups is 2. The van der Waals surface area contributed by atoms with Crippen molar-refractivity contribution in [1.82, 2.24) is 0 Å². The highest BCUT2D eigenvalue weighted by Crippen LogP contribution is 2.01. The molecule has 0 aliphatic carbocycles. The van der Waals surface area contributed by atoms with Crippen LogP contribution in [0.3, 0.4) is 0 Å². The predicted octanol–water partition coefficient (Wildman–Crippen LogP) is -1.66. The first-order valence-corrected chi connectivity index (χ1v) is 3.44. The highest BCUT2D eigenvalue weighted by Gasteiger charge is 2.26. The van der Waals surface area contributed by atoms with Crippen LogP contribution in [0.4, 0.5) is 0 Å². The van der Waals surface area contributed by atoms with Gasteiger partial charge in [-0.2, -0.15) is 0 Å². The lowest BCUT2D eigenvalue weighted by atomic mass is 10.3. The second-order valence-electron chi connectivity index (χ2n) is 2.69. The Morgan fingerprint density at radius 3 is 2.09 bits per heavy atom. The number of hydrogen-bond acceptors (Lipinski definition) is 5. The first kappa shape index (κ1) is 10.8. The van der Waals surface area contributed by atoms with Crippen LogP contribution in [0.1, 0.15) is 13.8 Å². The Bertz CT molecular complexity index is 114. The third kappa shape index (κ3) is 4.28. The molecule has 5 nitrogen and oxygen atoms in total. The average molecular weight is 164 g/mol. The smallest absolute Gasteiger partial charge is 0.196 e. The molecule has 0 rings (SSSR count). The van der Waals surface area contributed by atoms with E-state index in [0.717, 1.165) is 0 Å². The van der Waals surface area contributed by atoms with Crippen LogP contribution < -0.4 is 11.5 Å². The van der Waals surface area contributed by atoms with Gasteiger partial charge in [0, 0.05) is 0 Å². The maximum Gasteiger partial charge on any atom is 0.196 e. The van der Waals surface area contributed by atoms with Gasteiger partial charge in [0.25, 0.3) is 0 Å². The average Bonchev–Trinajstić information content (AvgIpc) is 1.84. The van der Waals surface area contributed by atoms with Crippen molar-refractivity contribution in [3.8, 4) is 0 Å². The van der Waals surface area contributed by atoms with E-state index in [1.54, 1.807) is 0 Å². The summed E-state index contributed by atoms with van der Waals surface area (Å²) in [7, 11) is 0. The minimum absolute atomic E-state index is 0.0118. The molecule has 0 bridgehead atoms. The number of nitrogens with two attached hydrogens (primary N) is 2. The second kappa shape index (κ2) is 3.99. The molecule has 0 aromatic heterocycles. The van der Waals surface area contributed by atoms with Gasteiger partial charge in [0.15, 0.2) is 5.85 Å². The van der Waals surface area contributed by atoms with Crippen LogP contribution in [-0.2, 0) is 4.74 Å². The van der Waals surface area contributed by atoms with Crippen molar-refractivity contribution in [2.75, 3.05) is 6.61 Å². The standard InChI is InChI=1S/C6H16N2O3/c1-4(9)3-11-6(7,8)5(2)10/h4-5,9-10H,3,7-8H2,1-2H3. The Balaban J connectivity index is 3.73. The van der Waals surface area contributed by atoms with Crippen molar-refractivity contribution >= 4 is 0 Å². The van der Waals surface area contributed by atoms with Crippen molar-refractivity contribution in [1.29, 1.82) is 0 Å². The van der Waals surface area contributed by atoms with Crippen LogP contribution in [0.2, 0.25) is 0 Å². The van der Waals surface area contributed by atoms with Gasteiger partial charge in [0.2, 0.25) is 0 Å². The number of aliphatic hydroxyl groups excluding tert-OH is 2. The van der Waals surface area contributed by atoms with Gasteiger partial charge in [-0.05, 0) is 13.8 Å². The zero-order valence-electron chi connectivity index (χ0n) is 6.82. The van der Waals surface area contributed by atoms with E-state index in [9.17, 15) is 0 Å². The van der Waals surface area contributed by atoms with Crippen molar-refractivity contribution in [2.45, 2.75) is 31.9 Å². The molecule has 6 N–H and O–H groups in total.